The van der Waals surface area contributed by atoms with Gasteiger partial charge in [-0.1, -0.05) is 18.1 Å². The lowest BCUT2D eigenvalue weighted by Crippen LogP contribution is -2.40. The SMILES string of the molecule is CCc1noc(-c2ccc(C)c(NC(=O)C3(O)CCCC3)c2)n1. The number of rotatable bonds is 4. The molecule has 2 aromatic rings. The Kier molecular flexibility index (Phi) is 4.17. The summed E-state index contributed by atoms with van der Waals surface area (Å²) in [6.45, 7) is 3.86. The van der Waals surface area contributed by atoms with Crippen LogP contribution in [0.2, 0.25) is 0 Å². The average molecular weight is 315 g/mol. The summed E-state index contributed by atoms with van der Waals surface area (Å²) < 4.78 is 5.24. The van der Waals surface area contributed by atoms with Crippen LogP contribution in [0.25, 0.3) is 11.5 Å². The zero-order chi connectivity index (χ0) is 16.4. The number of aliphatic hydroxyl groups is 1. The number of hydrogen-bond acceptors (Lipinski definition) is 5. The molecule has 1 aromatic heterocycles. The van der Waals surface area contributed by atoms with E-state index in [0.717, 1.165) is 24.0 Å². The number of carbonyl (C=O) groups is 1. The minimum absolute atomic E-state index is 0.338. The van der Waals surface area contributed by atoms with Gasteiger partial charge in [0.1, 0.15) is 5.60 Å². The van der Waals surface area contributed by atoms with Crippen molar-refractivity contribution < 1.29 is 14.4 Å². The molecule has 1 saturated carbocycles. The summed E-state index contributed by atoms with van der Waals surface area (Å²) in [5, 5.41) is 17.1. The van der Waals surface area contributed by atoms with E-state index < -0.39 is 5.60 Å². The summed E-state index contributed by atoms with van der Waals surface area (Å²) in [6, 6.07) is 5.57. The fourth-order valence-electron chi connectivity index (χ4n) is 2.83. The second kappa shape index (κ2) is 6.12. The molecule has 1 aliphatic rings. The van der Waals surface area contributed by atoms with Crippen LogP contribution in [0.5, 0.6) is 0 Å². The molecule has 0 radical (unpaired) electrons. The Labute approximate surface area is 134 Å². The van der Waals surface area contributed by atoms with Crippen molar-refractivity contribution in [2.24, 2.45) is 0 Å². The van der Waals surface area contributed by atoms with Crippen molar-refractivity contribution in [1.82, 2.24) is 10.1 Å². The van der Waals surface area contributed by atoms with Crippen molar-refractivity contribution in [3.05, 3.63) is 29.6 Å². The molecule has 1 aromatic carbocycles. The monoisotopic (exact) mass is 315 g/mol. The summed E-state index contributed by atoms with van der Waals surface area (Å²) in [4.78, 5) is 16.7. The van der Waals surface area contributed by atoms with E-state index in [0.29, 0.717) is 36.7 Å². The van der Waals surface area contributed by atoms with Gasteiger partial charge in [0, 0.05) is 17.7 Å². The molecule has 0 spiro atoms. The molecule has 3 rings (SSSR count). The zero-order valence-corrected chi connectivity index (χ0v) is 13.4. The van der Waals surface area contributed by atoms with Gasteiger partial charge >= 0.3 is 0 Å². The van der Waals surface area contributed by atoms with E-state index in [4.69, 9.17) is 4.52 Å². The van der Waals surface area contributed by atoms with E-state index in [-0.39, 0.29) is 5.91 Å². The Morgan fingerprint density at radius 2 is 2.13 bits per heavy atom. The van der Waals surface area contributed by atoms with Gasteiger partial charge in [0.15, 0.2) is 5.82 Å². The van der Waals surface area contributed by atoms with Crippen LogP contribution in [0, 0.1) is 6.92 Å². The number of anilines is 1. The molecule has 1 heterocycles. The molecular formula is C17H21N3O3. The molecule has 1 amide bonds. The van der Waals surface area contributed by atoms with Crippen LogP contribution in [0.1, 0.15) is 44.0 Å². The summed E-state index contributed by atoms with van der Waals surface area (Å²) in [5.41, 5.74) is 1.07. The smallest absolute Gasteiger partial charge is 0.257 e. The number of nitrogens with zero attached hydrogens (tertiary/aromatic N) is 2. The molecular weight excluding hydrogens is 294 g/mol. The number of amides is 1. The van der Waals surface area contributed by atoms with Crippen molar-refractivity contribution in [3.8, 4) is 11.5 Å². The number of aromatic nitrogens is 2. The second-order valence-corrected chi connectivity index (χ2v) is 6.09. The predicted molar refractivity (Wildman–Crippen MR) is 85.9 cm³/mol. The average Bonchev–Trinajstić information content (AvgIpc) is 3.19. The molecule has 2 N–H and O–H groups in total. The lowest BCUT2D eigenvalue weighted by atomic mass is 10.0. The third-order valence-electron chi connectivity index (χ3n) is 4.37. The molecule has 6 nitrogen and oxygen atoms in total. The summed E-state index contributed by atoms with van der Waals surface area (Å²) in [6.07, 6.45) is 3.49. The van der Waals surface area contributed by atoms with Gasteiger partial charge in [-0.25, -0.2) is 0 Å². The molecule has 0 saturated heterocycles. The highest BCUT2D eigenvalue weighted by molar-refractivity contribution is 5.98. The summed E-state index contributed by atoms with van der Waals surface area (Å²) in [7, 11) is 0. The van der Waals surface area contributed by atoms with Crippen LogP contribution in [-0.4, -0.2) is 26.8 Å². The van der Waals surface area contributed by atoms with Crippen LogP contribution in [0.3, 0.4) is 0 Å². The van der Waals surface area contributed by atoms with Crippen molar-refractivity contribution in [2.45, 2.75) is 51.6 Å². The predicted octanol–water partition coefficient (Wildman–Crippen LogP) is 2.85. The van der Waals surface area contributed by atoms with Gasteiger partial charge in [-0.15, -0.1) is 0 Å². The lowest BCUT2D eigenvalue weighted by molar-refractivity contribution is -0.133. The van der Waals surface area contributed by atoms with Gasteiger partial charge in [0.2, 0.25) is 0 Å². The summed E-state index contributed by atoms with van der Waals surface area (Å²) in [5.74, 6) is 0.735. The molecule has 122 valence electrons. The van der Waals surface area contributed by atoms with Crippen LogP contribution in [0.15, 0.2) is 22.7 Å². The maximum absolute atomic E-state index is 12.4. The van der Waals surface area contributed by atoms with Crippen LogP contribution in [-0.2, 0) is 11.2 Å². The van der Waals surface area contributed by atoms with Gasteiger partial charge in [-0.2, -0.15) is 4.98 Å². The highest BCUT2D eigenvalue weighted by Crippen LogP contribution is 2.32. The van der Waals surface area contributed by atoms with E-state index in [1.54, 1.807) is 6.07 Å². The van der Waals surface area contributed by atoms with Crippen LogP contribution in [0.4, 0.5) is 5.69 Å². The van der Waals surface area contributed by atoms with Crippen molar-refractivity contribution in [1.29, 1.82) is 0 Å². The highest BCUT2D eigenvalue weighted by atomic mass is 16.5. The van der Waals surface area contributed by atoms with Gasteiger partial charge < -0.3 is 14.9 Å². The van der Waals surface area contributed by atoms with E-state index >= 15 is 0 Å². The lowest BCUT2D eigenvalue weighted by Gasteiger charge is -2.21. The summed E-state index contributed by atoms with van der Waals surface area (Å²) >= 11 is 0. The largest absolute Gasteiger partial charge is 0.380 e. The van der Waals surface area contributed by atoms with Gasteiger partial charge in [0.25, 0.3) is 11.8 Å². The third kappa shape index (κ3) is 3.12. The van der Waals surface area contributed by atoms with Crippen LogP contribution >= 0.6 is 0 Å². The Bertz CT molecular complexity index is 718. The Morgan fingerprint density at radius 3 is 2.78 bits per heavy atom. The minimum Gasteiger partial charge on any atom is -0.380 e. The van der Waals surface area contributed by atoms with E-state index in [1.165, 1.54) is 0 Å². The maximum atomic E-state index is 12.4. The first kappa shape index (κ1) is 15.7. The Balaban J connectivity index is 1.84. The fraction of sp³-hybridized carbons (Fsp3) is 0.471. The molecule has 1 aliphatic carbocycles. The van der Waals surface area contributed by atoms with Gasteiger partial charge in [0.05, 0.1) is 0 Å². The molecule has 0 unspecified atom stereocenters. The van der Waals surface area contributed by atoms with E-state index in [1.807, 2.05) is 26.0 Å². The van der Waals surface area contributed by atoms with Crippen molar-refractivity contribution in [2.75, 3.05) is 5.32 Å². The number of nitrogens with one attached hydrogen (secondary N) is 1. The van der Waals surface area contributed by atoms with E-state index in [9.17, 15) is 9.90 Å². The normalized spacial score (nSPS) is 16.5. The second-order valence-electron chi connectivity index (χ2n) is 6.09. The quantitative estimate of drug-likeness (QED) is 0.905. The van der Waals surface area contributed by atoms with Crippen LogP contribution < -0.4 is 5.32 Å². The maximum Gasteiger partial charge on any atom is 0.257 e. The number of carbonyl (C=O) groups excluding carboxylic acids is 1. The Hall–Kier alpha value is -2.21. The van der Waals surface area contributed by atoms with Gasteiger partial charge in [-0.05, 0) is 50.3 Å². The first-order valence-corrected chi connectivity index (χ1v) is 7.99. The first-order valence-electron chi connectivity index (χ1n) is 7.99. The van der Waals surface area contributed by atoms with Crippen molar-refractivity contribution >= 4 is 11.6 Å². The highest BCUT2D eigenvalue weighted by Gasteiger charge is 2.38. The minimum atomic E-state index is -1.25. The topological polar surface area (TPSA) is 88.2 Å². The van der Waals surface area contributed by atoms with E-state index in [2.05, 4.69) is 15.5 Å². The number of hydrogen-bond donors (Lipinski definition) is 2. The molecule has 0 atom stereocenters. The Morgan fingerprint density at radius 1 is 1.39 bits per heavy atom. The zero-order valence-electron chi connectivity index (χ0n) is 13.4. The molecule has 1 fully saturated rings. The third-order valence-corrected chi connectivity index (χ3v) is 4.37. The number of aryl methyl sites for hydroxylation is 2. The molecule has 0 aliphatic heterocycles. The van der Waals surface area contributed by atoms with Crippen molar-refractivity contribution in [3.63, 3.8) is 0 Å². The standard InChI is InChI=1S/C17H21N3O3/c1-3-14-19-15(23-20-14)12-7-6-11(2)13(10-12)18-16(21)17(22)8-4-5-9-17/h6-7,10,22H,3-5,8-9H2,1-2H3,(H,18,21). The fourth-order valence-corrected chi connectivity index (χ4v) is 2.83. The van der Waals surface area contributed by atoms with Gasteiger partial charge in [-0.3, -0.25) is 4.79 Å². The molecule has 23 heavy (non-hydrogen) atoms. The number of benzene rings is 1. The first-order chi connectivity index (χ1) is 11.0. The molecule has 0 bridgehead atoms. The molecule has 6 heteroatoms.